The number of hydrogen-bond donors (Lipinski definition) is 0. The van der Waals surface area contributed by atoms with Crippen LogP contribution in [0.4, 0.5) is 0 Å². The molecule has 0 aromatic heterocycles. The van der Waals surface area contributed by atoms with E-state index in [1.807, 2.05) is 19.1 Å². The lowest BCUT2D eigenvalue weighted by Crippen LogP contribution is -2.02. The Labute approximate surface area is 65.5 Å². The van der Waals surface area contributed by atoms with Gasteiger partial charge in [0.15, 0.2) is 5.78 Å². The monoisotopic (exact) mass is 149 g/mol. The fourth-order valence-corrected chi connectivity index (χ4v) is 0.823. The van der Waals surface area contributed by atoms with E-state index < -0.39 is 6.61 Å². The Morgan fingerprint density at radius 1 is 1.27 bits per heavy atom. The van der Waals surface area contributed by atoms with Crippen LogP contribution in [0.3, 0.4) is 0 Å². The molecule has 0 bridgehead atoms. The Balaban J connectivity index is 2.90. The van der Waals surface area contributed by atoms with E-state index >= 15 is 0 Å². The number of carbonyl (C=O) groups excluding carboxylic acids is 1. The summed E-state index contributed by atoms with van der Waals surface area (Å²) in [6.07, 6.45) is 0. The summed E-state index contributed by atoms with van der Waals surface area (Å²) in [5.41, 5.74) is 1.60. The first-order valence-electron chi connectivity index (χ1n) is 3.42. The maximum Gasteiger partial charge on any atom is 0.191 e. The normalized spacial score (nSPS) is 9.64. The zero-order valence-corrected chi connectivity index (χ0v) is 6.33. The van der Waals surface area contributed by atoms with E-state index in [1.54, 1.807) is 12.1 Å². The van der Waals surface area contributed by atoms with E-state index in [4.69, 9.17) is 0 Å². The van der Waals surface area contributed by atoms with Gasteiger partial charge in [0.05, 0.1) is 0 Å². The average molecular weight is 149 g/mol. The van der Waals surface area contributed by atoms with E-state index in [9.17, 15) is 9.90 Å². The molecule has 0 unspecified atom stereocenters. The van der Waals surface area contributed by atoms with Crippen molar-refractivity contribution in [2.45, 2.75) is 6.92 Å². The smallest absolute Gasteiger partial charge is 0.191 e. The van der Waals surface area contributed by atoms with Gasteiger partial charge in [-0.2, -0.15) is 0 Å². The minimum Gasteiger partial charge on any atom is -0.291 e. The lowest BCUT2D eigenvalue weighted by molar-refractivity contribution is 0.0827. The van der Waals surface area contributed by atoms with Crippen LogP contribution in [-0.2, 0) is 5.11 Å². The van der Waals surface area contributed by atoms with Gasteiger partial charge in [-0.1, -0.05) is 29.8 Å². The summed E-state index contributed by atoms with van der Waals surface area (Å²) in [5.74, 6) is -0.343. The molecule has 0 fully saturated rings. The van der Waals surface area contributed by atoms with Crippen LogP contribution in [0.1, 0.15) is 15.9 Å². The molecule has 2 nitrogen and oxygen atoms in total. The van der Waals surface area contributed by atoms with Crippen molar-refractivity contribution in [3.63, 3.8) is 0 Å². The highest BCUT2D eigenvalue weighted by Gasteiger charge is 2.02. The summed E-state index contributed by atoms with van der Waals surface area (Å²) in [7, 11) is 0. The number of hydrogen-bond acceptors (Lipinski definition) is 1. The minimum absolute atomic E-state index is 0.343. The van der Waals surface area contributed by atoms with Crippen molar-refractivity contribution in [2.24, 2.45) is 0 Å². The molecule has 1 aromatic rings. The molecule has 1 radical (unpaired) electrons. The highest BCUT2D eigenvalue weighted by atomic mass is 16.3. The summed E-state index contributed by atoms with van der Waals surface area (Å²) in [5, 5.41) is 10.2. The molecule has 1 aromatic carbocycles. The largest absolute Gasteiger partial charge is 0.291 e. The van der Waals surface area contributed by atoms with E-state index in [-0.39, 0.29) is 5.78 Å². The summed E-state index contributed by atoms with van der Waals surface area (Å²) in [4.78, 5) is 10.8. The Morgan fingerprint density at radius 2 is 1.82 bits per heavy atom. The molecule has 0 aliphatic rings. The third kappa shape index (κ3) is 1.88. The van der Waals surface area contributed by atoms with Gasteiger partial charge in [0.2, 0.25) is 0 Å². The molecular formula is C9H9O2. The number of rotatable bonds is 2. The molecule has 0 spiro atoms. The van der Waals surface area contributed by atoms with Gasteiger partial charge in [-0.25, -0.2) is 5.11 Å². The van der Waals surface area contributed by atoms with Crippen molar-refractivity contribution in [1.82, 2.24) is 0 Å². The Bertz CT molecular complexity index is 249. The van der Waals surface area contributed by atoms with Gasteiger partial charge in [0, 0.05) is 5.56 Å². The third-order valence-corrected chi connectivity index (χ3v) is 1.50. The van der Waals surface area contributed by atoms with E-state index in [2.05, 4.69) is 0 Å². The highest BCUT2D eigenvalue weighted by molar-refractivity contribution is 5.96. The van der Waals surface area contributed by atoms with Gasteiger partial charge in [-0.3, -0.25) is 4.79 Å². The van der Waals surface area contributed by atoms with E-state index in [0.717, 1.165) is 5.56 Å². The van der Waals surface area contributed by atoms with Crippen LogP contribution < -0.4 is 0 Å². The highest BCUT2D eigenvalue weighted by Crippen LogP contribution is 2.03. The zero-order valence-electron chi connectivity index (χ0n) is 6.33. The number of aryl methyl sites for hydroxylation is 1. The zero-order chi connectivity index (χ0) is 8.27. The van der Waals surface area contributed by atoms with Crippen molar-refractivity contribution in [2.75, 3.05) is 6.61 Å². The topological polar surface area (TPSA) is 37.0 Å². The number of benzene rings is 1. The average Bonchev–Trinajstić information content (AvgIpc) is 2.05. The van der Waals surface area contributed by atoms with Crippen LogP contribution in [0.2, 0.25) is 0 Å². The Kier molecular flexibility index (Phi) is 2.39. The molecule has 0 aliphatic carbocycles. The van der Waals surface area contributed by atoms with Crippen LogP contribution in [-0.4, -0.2) is 12.4 Å². The van der Waals surface area contributed by atoms with Crippen LogP contribution in [0.25, 0.3) is 0 Å². The minimum atomic E-state index is -0.664. The van der Waals surface area contributed by atoms with Crippen molar-refractivity contribution in [3.8, 4) is 0 Å². The SMILES string of the molecule is Cc1ccc(C(=O)C[O])cc1. The van der Waals surface area contributed by atoms with Gasteiger partial charge in [0.1, 0.15) is 6.61 Å². The molecule has 0 saturated heterocycles. The summed E-state index contributed by atoms with van der Waals surface area (Å²) < 4.78 is 0. The Hall–Kier alpha value is -1.15. The Morgan fingerprint density at radius 3 is 2.27 bits per heavy atom. The molecule has 0 saturated carbocycles. The summed E-state index contributed by atoms with van der Waals surface area (Å²) >= 11 is 0. The maximum absolute atomic E-state index is 10.8. The molecule has 0 amide bonds. The lowest BCUT2D eigenvalue weighted by atomic mass is 10.1. The second-order valence-electron chi connectivity index (χ2n) is 2.43. The second kappa shape index (κ2) is 3.30. The number of ketones is 1. The first-order valence-corrected chi connectivity index (χ1v) is 3.42. The fraction of sp³-hybridized carbons (Fsp3) is 0.222. The maximum atomic E-state index is 10.8. The molecule has 2 heteroatoms. The van der Waals surface area contributed by atoms with E-state index in [0.29, 0.717) is 5.56 Å². The predicted octanol–water partition coefficient (Wildman–Crippen LogP) is 1.61. The molecule has 0 heterocycles. The first kappa shape index (κ1) is 7.95. The summed E-state index contributed by atoms with van der Waals surface area (Å²) in [6.45, 7) is 1.27. The van der Waals surface area contributed by atoms with Gasteiger partial charge in [0.25, 0.3) is 0 Å². The van der Waals surface area contributed by atoms with Crippen LogP contribution in [0, 0.1) is 6.92 Å². The molecule has 11 heavy (non-hydrogen) atoms. The fourth-order valence-electron chi connectivity index (χ4n) is 0.823. The molecule has 57 valence electrons. The quantitative estimate of drug-likeness (QED) is 0.588. The molecular weight excluding hydrogens is 140 g/mol. The lowest BCUT2D eigenvalue weighted by Gasteiger charge is -1.95. The molecule has 0 aliphatic heterocycles. The van der Waals surface area contributed by atoms with Gasteiger partial charge < -0.3 is 0 Å². The van der Waals surface area contributed by atoms with Crippen molar-refractivity contribution in [1.29, 1.82) is 0 Å². The van der Waals surface area contributed by atoms with Crippen LogP contribution in [0.15, 0.2) is 24.3 Å². The first-order chi connectivity index (χ1) is 5.24. The number of carbonyl (C=O) groups is 1. The van der Waals surface area contributed by atoms with Crippen LogP contribution in [0.5, 0.6) is 0 Å². The standard InChI is InChI=1S/C9H9O2/c1-7-2-4-8(5-3-7)9(11)6-10/h2-5H,6H2,1H3. The van der Waals surface area contributed by atoms with Crippen molar-refractivity contribution < 1.29 is 9.90 Å². The molecule has 0 N–H and O–H groups in total. The van der Waals surface area contributed by atoms with Crippen molar-refractivity contribution >= 4 is 5.78 Å². The van der Waals surface area contributed by atoms with Gasteiger partial charge in [-0.15, -0.1) is 0 Å². The van der Waals surface area contributed by atoms with E-state index in [1.165, 1.54) is 0 Å². The summed E-state index contributed by atoms with van der Waals surface area (Å²) in [6, 6.07) is 7.00. The molecule has 0 atom stereocenters. The van der Waals surface area contributed by atoms with Gasteiger partial charge >= 0.3 is 0 Å². The van der Waals surface area contributed by atoms with Crippen LogP contribution >= 0.6 is 0 Å². The predicted molar refractivity (Wildman–Crippen MR) is 41.1 cm³/mol. The van der Waals surface area contributed by atoms with Gasteiger partial charge in [-0.05, 0) is 6.92 Å². The number of Topliss-reactive ketones (excluding diaryl/α,β-unsaturated/α-hetero) is 1. The molecule has 1 rings (SSSR count). The second-order valence-corrected chi connectivity index (χ2v) is 2.43. The third-order valence-electron chi connectivity index (χ3n) is 1.50. The van der Waals surface area contributed by atoms with Crippen molar-refractivity contribution in [3.05, 3.63) is 35.4 Å².